The molecule has 474 valence electrons. The molecule has 0 N–H and O–H groups in total. The fourth-order valence-corrected chi connectivity index (χ4v) is 17.2. The van der Waals surface area contributed by atoms with Gasteiger partial charge in [-0.15, -0.1) is 34.0 Å². The van der Waals surface area contributed by atoms with E-state index in [2.05, 4.69) is 51.1 Å². The van der Waals surface area contributed by atoms with Crippen molar-refractivity contribution in [3.8, 4) is 70.1 Å². The summed E-state index contributed by atoms with van der Waals surface area (Å²) in [6.45, 7) is 10.1. The van der Waals surface area contributed by atoms with Crippen LogP contribution in [0, 0.1) is 18.6 Å². The predicted octanol–water partition coefficient (Wildman–Crippen LogP) is 26.0. The number of halogens is 2. The molecule has 0 aliphatic rings. The number of nitrogens with zero attached hydrogens (tertiary/aromatic N) is 4. The minimum atomic E-state index is -0.427. The van der Waals surface area contributed by atoms with Crippen molar-refractivity contribution in [2.75, 3.05) is 19.8 Å². The van der Waals surface area contributed by atoms with Crippen LogP contribution in [0.2, 0.25) is 0 Å². The van der Waals surface area contributed by atoms with Crippen molar-refractivity contribution in [2.24, 2.45) is 0 Å². The normalized spacial score (nSPS) is 11.8. The maximum atomic E-state index is 18.0. The van der Waals surface area contributed by atoms with Crippen molar-refractivity contribution in [1.29, 1.82) is 0 Å². The van der Waals surface area contributed by atoms with Gasteiger partial charge in [0, 0.05) is 35.8 Å². The van der Waals surface area contributed by atoms with E-state index in [0.29, 0.717) is 64.1 Å². The molecule has 0 saturated heterocycles. The van der Waals surface area contributed by atoms with E-state index < -0.39 is 5.82 Å². The molecule has 0 aliphatic heterocycles. The van der Waals surface area contributed by atoms with E-state index in [-0.39, 0.29) is 11.6 Å². The van der Waals surface area contributed by atoms with E-state index in [1.54, 1.807) is 34.0 Å². The van der Waals surface area contributed by atoms with Crippen molar-refractivity contribution in [3.05, 3.63) is 102 Å². The monoisotopic (exact) mass is 1290 g/mol. The Labute approximate surface area is 548 Å². The first-order valence-corrected chi connectivity index (χ1v) is 37.9. The Balaban J connectivity index is 1.05. The van der Waals surface area contributed by atoms with E-state index in [0.717, 1.165) is 136 Å². The second-order valence-electron chi connectivity index (χ2n) is 24.4. The van der Waals surface area contributed by atoms with Crippen LogP contribution in [0.5, 0.6) is 17.2 Å². The van der Waals surface area contributed by atoms with Crippen molar-refractivity contribution in [1.82, 2.24) is 17.5 Å². The highest BCUT2D eigenvalue weighted by molar-refractivity contribution is 7.25. The molecule has 0 amide bonds. The number of fused-ring (bicyclic) bond motifs is 4. The molecule has 5 aromatic heterocycles. The van der Waals surface area contributed by atoms with Crippen LogP contribution >= 0.6 is 57.5 Å². The summed E-state index contributed by atoms with van der Waals surface area (Å²) in [4.78, 5) is 3.57. The van der Waals surface area contributed by atoms with Gasteiger partial charge in [0.1, 0.15) is 39.4 Å². The Morgan fingerprint density at radius 3 is 1.15 bits per heavy atom. The van der Waals surface area contributed by atoms with Crippen LogP contribution in [-0.2, 0) is 0 Å². The standard InChI is InChI=1S/C75H92F2N4O3S5/c1-5-8-11-14-17-20-23-26-29-38-47-82-71-55-50-59(61-52(4)65(76)63(69-67(61)78-88-80-69)58-46-45-57(85-58)53-41-34-32-35-42-53)86-74(55)72(83-48-39-30-27-24-21-18-15-12-9-6-2)56-51-60(87-75(56)71)64-70-68(79-89-81-70)62(54-43-36-33-37-44-54)66(77)73(64)84-49-40-31-28-25-22-19-16-13-10-7-3/h32-37,41-46,50-51H,5-31,38-40,47-49H2,1-4H3. The summed E-state index contributed by atoms with van der Waals surface area (Å²) in [7, 11) is 0. The zero-order chi connectivity index (χ0) is 61.6. The molecule has 7 nitrogen and oxygen atoms in total. The third-order valence-electron chi connectivity index (χ3n) is 17.6. The van der Waals surface area contributed by atoms with Crippen LogP contribution in [0.4, 0.5) is 8.78 Å². The van der Waals surface area contributed by atoms with Crippen LogP contribution < -0.4 is 14.2 Å². The third kappa shape index (κ3) is 16.8. The van der Waals surface area contributed by atoms with E-state index >= 15 is 8.78 Å². The van der Waals surface area contributed by atoms with Crippen molar-refractivity contribution in [3.63, 3.8) is 0 Å². The molecular weight excluding hydrogens is 1200 g/mol. The molecule has 5 heterocycles. The summed E-state index contributed by atoms with van der Waals surface area (Å²) in [6, 6.07) is 28.4. The summed E-state index contributed by atoms with van der Waals surface area (Å²) in [6.07, 6.45) is 36.3. The SMILES string of the molecule is CCCCCCCCCCCCOc1c(F)c(-c2ccccc2)c2nsnc2c1-c1cc2c(OCCCCCCCCCCCC)c3sc(-c4c(C)c(F)c(-c5ccc(-c6ccccc6)s5)c5nsnc45)cc3c(OCCCCCCCCCCCC)c2s1. The van der Waals surface area contributed by atoms with Crippen molar-refractivity contribution >= 4 is 99.7 Å². The van der Waals surface area contributed by atoms with Crippen LogP contribution in [0.3, 0.4) is 0 Å². The van der Waals surface area contributed by atoms with Crippen molar-refractivity contribution < 1.29 is 23.0 Å². The molecular formula is C75H92F2N4O3S5. The van der Waals surface area contributed by atoms with Crippen LogP contribution in [0.1, 0.15) is 219 Å². The number of aromatic nitrogens is 4. The highest BCUT2D eigenvalue weighted by atomic mass is 32.1. The van der Waals surface area contributed by atoms with Gasteiger partial charge >= 0.3 is 0 Å². The van der Waals surface area contributed by atoms with E-state index in [1.807, 2.05) is 61.5 Å². The zero-order valence-corrected chi connectivity index (χ0v) is 57.3. The lowest BCUT2D eigenvalue weighted by atomic mass is 9.98. The summed E-state index contributed by atoms with van der Waals surface area (Å²) in [5.41, 5.74) is 6.96. The van der Waals surface area contributed by atoms with Gasteiger partial charge in [0.25, 0.3) is 0 Å². The molecule has 10 aromatic rings. The largest absolute Gasteiger partial charge is 0.491 e. The molecule has 0 bridgehead atoms. The average molecular weight is 1300 g/mol. The topological polar surface area (TPSA) is 79.3 Å². The smallest absolute Gasteiger partial charge is 0.175 e. The highest BCUT2D eigenvalue weighted by Gasteiger charge is 2.31. The average Bonchev–Trinajstić information content (AvgIpc) is 1.65. The third-order valence-corrected chi connectivity index (χ3v) is 22.1. The predicted molar refractivity (Wildman–Crippen MR) is 381 cm³/mol. The lowest BCUT2D eigenvalue weighted by Crippen LogP contribution is -2.03. The first-order chi connectivity index (χ1) is 43.9. The van der Waals surface area contributed by atoms with E-state index in [1.165, 1.54) is 148 Å². The molecule has 10 rings (SSSR count). The second-order valence-corrected chi connectivity index (χ2v) is 28.6. The van der Waals surface area contributed by atoms with Gasteiger partial charge < -0.3 is 14.2 Å². The van der Waals surface area contributed by atoms with Crippen LogP contribution in [0.15, 0.2) is 84.9 Å². The highest BCUT2D eigenvalue weighted by Crippen LogP contribution is 2.56. The Morgan fingerprint density at radius 2 is 0.697 bits per heavy atom. The summed E-state index contributed by atoms with van der Waals surface area (Å²) in [5.74, 6) is 0.999. The number of ether oxygens (including phenoxy) is 3. The molecule has 89 heavy (non-hydrogen) atoms. The quantitative estimate of drug-likeness (QED) is 0.0353. The molecule has 0 atom stereocenters. The number of unbranched alkanes of at least 4 members (excludes halogenated alkanes) is 27. The second kappa shape index (κ2) is 34.9. The fraction of sp³-hybridized carbons (Fsp3) is 0.493. The zero-order valence-electron chi connectivity index (χ0n) is 53.2. The van der Waals surface area contributed by atoms with Gasteiger partial charge in [-0.05, 0) is 67.1 Å². The van der Waals surface area contributed by atoms with Gasteiger partial charge in [-0.25, -0.2) is 8.78 Å². The number of rotatable bonds is 41. The maximum Gasteiger partial charge on any atom is 0.175 e. The number of hydrogen-bond acceptors (Lipinski definition) is 12. The molecule has 0 radical (unpaired) electrons. The van der Waals surface area contributed by atoms with Crippen LogP contribution in [0.25, 0.3) is 95.1 Å². The molecule has 0 spiro atoms. The molecule has 0 fully saturated rings. The number of benzene rings is 5. The minimum absolute atomic E-state index is 0.206. The van der Waals surface area contributed by atoms with Gasteiger partial charge in [-0.3, -0.25) is 0 Å². The number of hydrogen-bond donors (Lipinski definition) is 0. The molecule has 0 unspecified atom stereocenters. The Morgan fingerprint density at radius 1 is 0.337 bits per heavy atom. The van der Waals surface area contributed by atoms with Gasteiger partial charge in [0.15, 0.2) is 11.6 Å². The van der Waals surface area contributed by atoms with E-state index in [4.69, 9.17) is 31.7 Å². The summed E-state index contributed by atoms with van der Waals surface area (Å²) >= 11 is 6.97. The minimum Gasteiger partial charge on any atom is -0.491 e. The summed E-state index contributed by atoms with van der Waals surface area (Å²) in [5, 5.41) is 1.80. The Bertz CT molecular complexity index is 3690. The number of thiophene rings is 3. The molecule has 5 aromatic carbocycles. The lowest BCUT2D eigenvalue weighted by molar-refractivity contribution is 0.292. The first kappa shape index (κ1) is 66.5. The van der Waals surface area contributed by atoms with Gasteiger partial charge in [-0.2, -0.15) is 17.5 Å². The van der Waals surface area contributed by atoms with Gasteiger partial charge in [0.05, 0.1) is 69.4 Å². The first-order valence-electron chi connectivity index (χ1n) is 34.0. The molecule has 0 saturated carbocycles. The van der Waals surface area contributed by atoms with E-state index in [9.17, 15) is 0 Å². The maximum absolute atomic E-state index is 18.0. The Hall–Kier alpha value is -5.38. The van der Waals surface area contributed by atoms with Crippen LogP contribution in [-0.4, -0.2) is 37.3 Å². The van der Waals surface area contributed by atoms with Crippen molar-refractivity contribution in [2.45, 2.75) is 220 Å². The Kier molecular flexibility index (Phi) is 26.1. The fourth-order valence-electron chi connectivity index (χ4n) is 12.6. The van der Waals surface area contributed by atoms with Gasteiger partial charge in [-0.1, -0.05) is 255 Å². The summed E-state index contributed by atoms with van der Waals surface area (Å²) < 4.78 is 78.1. The lowest BCUT2D eigenvalue weighted by Gasteiger charge is -2.16. The molecule has 0 aliphatic carbocycles. The van der Waals surface area contributed by atoms with Gasteiger partial charge in [0.2, 0.25) is 0 Å². The molecule has 14 heteroatoms.